The van der Waals surface area contributed by atoms with Crippen molar-refractivity contribution in [2.24, 2.45) is 0 Å². The molecule has 0 fully saturated rings. The molecule has 0 saturated carbocycles. The number of aromatic nitrogens is 2. The molecule has 3 rings (SSSR count). The Morgan fingerprint density at radius 2 is 2.19 bits per heavy atom. The lowest BCUT2D eigenvalue weighted by molar-refractivity contribution is 0.102. The molecule has 0 atom stereocenters. The van der Waals surface area contributed by atoms with Crippen molar-refractivity contribution >= 4 is 22.4 Å². The highest BCUT2D eigenvalue weighted by atomic mass is 32.1. The van der Waals surface area contributed by atoms with E-state index >= 15 is 0 Å². The molecule has 110 valence electrons. The van der Waals surface area contributed by atoms with E-state index in [1.165, 1.54) is 11.3 Å². The molecule has 0 unspecified atom stereocenters. The number of carbonyl (C=O) groups is 1. The molecular formula is C14H15N3O3S. The molecule has 1 aromatic heterocycles. The van der Waals surface area contributed by atoms with Crippen LogP contribution in [0, 0.1) is 0 Å². The minimum atomic E-state index is -0.230. The third kappa shape index (κ3) is 3.13. The van der Waals surface area contributed by atoms with Crippen LogP contribution in [-0.4, -0.2) is 22.9 Å². The predicted molar refractivity (Wildman–Crippen MR) is 79.0 cm³/mol. The number of nitrogens with zero attached hydrogens (tertiary/aromatic N) is 2. The van der Waals surface area contributed by atoms with Crippen LogP contribution in [0.3, 0.4) is 0 Å². The van der Waals surface area contributed by atoms with E-state index in [2.05, 4.69) is 22.4 Å². The maximum absolute atomic E-state index is 12.2. The molecule has 1 amide bonds. The van der Waals surface area contributed by atoms with Crippen LogP contribution in [0.25, 0.3) is 0 Å². The van der Waals surface area contributed by atoms with Gasteiger partial charge in [-0.25, -0.2) is 0 Å². The summed E-state index contributed by atoms with van der Waals surface area (Å²) in [7, 11) is 0. The van der Waals surface area contributed by atoms with Crippen molar-refractivity contribution in [3.8, 4) is 11.5 Å². The number of fused-ring (bicyclic) bond motifs is 1. The van der Waals surface area contributed by atoms with Gasteiger partial charge in [0.2, 0.25) is 11.9 Å². The van der Waals surface area contributed by atoms with Gasteiger partial charge in [0, 0.05) is 12.0 Å². The molecule has 1 N–H and O–H groups in total. The molecular weight excluding hydrogens is 290 g/mol. The first-order chi connectivity index (χ1) is 10.3. The zero-order chi connectivity index (χ0) is 14.7. The smallest absolute Gasteiger partial charge is 0.257 e. The molecule has 0 aliphatic carbocycles. The molecule has 0 bridgehead atoms. The number of rotatable bonds is 5. The first kappa shape index (κ1) is 13.8. The van der Waals surface area contributed by atoms with Crippen LogP contribution in [0.15, 0.2) is 18.2 Å². The lowest BCUT2D eigenvalue weighted by Crippen LogP contribution is -2.11. The molecule has 0 radical (unpaired) electrons. The van der Waals surface area contributed by atoms with E-state index in [0.29, 0.717) is 22.2 Å². The minimum Gasteiger partial charge on any atom is -0.454 e. The maximum Gasteiger partial charge on any atom is 0.257 e. The summed E-state index contributed by atoms with van der Waals surface area (Å²) in [4.78, 5) is 12.2. The quantitative estimate of drug-likeness (QED) is 0.919. The van der Waals surface area contributed by atoms with E-state index in [1.807, 2.05) is 0 Å². The molecule has 1 aliphatic heterocycles. The molecule has 1 aliphatic rings. The number of benzene rings is 1. The van der Waals surface area contributed by atoms with E-state index < -0.39 is 0 Å². The van der Waals surface area contributed by atoms with Crippen molar-refractivity contribution < 1.29 is 14.3 Å². The second kappa shape index (κ2) is 6.09. The highest BCUT2D eigenvalue weighted by Crippen LogP contribution is 2.32. The van der Waals surface area contributed by atoms with Gasteiger partial charge in [-0.05, 0) is 24.6 Å². The highest BCUT2D eigenvalue weighted by molar-refractivity contribution is 7.15. The first-order valence-corrected chi connectivity index (χ1v) is 7.61. The van der Waals surface area contributed by atoms with Gasteiger partial charge >= 0.3 is 0 Å². The van der Waals surface area contributed by atoms with Crippen LogP contribution in [0.2, 0.25) is 0 Å². The van der Waals surface area contributed by atoms with E-state index in [0.717, 1.165) is 24.3 Å². The third-order valence-electron chi connectivity index (χ3n) is 3.07. The van der Waals surface area contributed by atoms with Crippen molar-refractivity contribution in [1.29, 1.82) is 0 Å². The van der Waals surface area contributed by atoms with E-state index in [1.54, 1.807) is 18.2 Å². The number of aryl methyl sites for hydroxylation is 1. The van der Waals surface area contributed by atoms with Gasteiger partial charge in [0.15, 0.2) is 11.5 Å². The van der Waals surface area contributed by atoms with Crippen LogP contribution in [0.1, 0.15) is 35.1 Å². The van der Waals surface area contributed by atoms with E-state index in [4.69, 9.17) is 9.47 Å². The van der Waals surface area contributed by atoms with Gasteiger partial charge in [0.05, 0.1) is 0 Å². The summed E-state index contributed by atoms with van der Waals surface area (Å²) >= 11 is 1.41. The number of hydrogen-bond acceptors (Lipinski definition) is 6. The normalized spacial score (nSPS) is 12.4. The predicted octanol–water partition coefficient (Wildman–Crippen LogP) is 2.86. The Bertz CT molecular complexity index is 657. The Labute approximate surface area is 126 Å². The van der Waals surface area contributed by atoms with Gasteiger partial charge in [-0.3, -0.25) is 10.1 Å². The maximum atomic E-state index is 12.2. The molecule has 2 aromatic rings. The summed E-state index contributed by atoms with van der Waals surface area (Å²) in [6.45, 7) is 2.32. The number of hydrogen-bond donors (Lipinski definition) is 1. The van der Waals surface area contributed by atoms with Crippen LogP contribution in [-0.2, 0) is 6.42 Å². The van der Waals surface area contributed by atoms with Crippen LogP contribution >= 0.6 is 11.3 Å². The monoisotopic (exact) mass is 305 g/mol. The number of amides is 1. The fourth-order valence-electron chi connectivity index (χ4n) is 1.94. The molecule has 6 nitrogen and oxygen atoms in total. The standard InChI is InChI=1S/C14H15N3O3S/c1-2-3-4-12-16-17-14(21-12)15-13(18)9-5-6-10-11(7-9)20-8-19-10/h5-7H,2-4,8H2,1H3,(H,15,17,18). The number of ether oxygens (including phenoxy) is 2. The fourth-order valence-corrected chi connectivity index (χ4v) is 2.72. The second-order valence-electron chi connectivity index (χ2n) is 4.63. The minimum absolute atomic E-state index is 0.192. The topological polar surface area (TPSA) is 73.3 Å². The van der Waals surface area contributed by atoms with Crippen molar-refractivity contribution in [1.82, 2.24) is 10.2 Å². The van der Waals surface area contributed by atoms with Gasteiger partial charge in [0.1, 0.15) is 5.01 Å². The van der Waals surface area contributed by atoms with E-state index in [-0.39, 0.29) is 12.7 Å². The molecule has 0 spiro atoms. The summed E-state index contributed by atoms with van der Waals surface area (Å²) < 4.78 is 10.5. The average molecular weight is 305 g/mol. The number of unbranched alkanes of at least 4 members (excludes halogenated alkanes) is 1. The van der Waals surface area contributed by atoms with Crippen molar-refractivity contribution in [3.05, 3.63) is 28.8 Å². The molecule has 1 aromatic carbocycles. The summed E-state index contributed by atoms with van der Waals surface area (Å²) in [5.74, 6) is 1.01. The Balaban J connectivity index is 1.67. The molecule has 7 heteroatoms. The lowest BCUT2D eigenvalue weighted by Gasteiger charge is -2.02. The van der Waals surface area contributed by atoms with Gasteiger partial charge in [0.25, 0.3) is 5.91 Å². The Kier molecular flexibility index (Phi) is 4.01. The molecule has 2 heterocycles. The summed E-state index contributed by atoms with van der Waals surface area (Å²) in [6.07, 6.45) is 3.08. The van der Waals surface area contributed by atoms with Crippen molar-refractivity contribution in [2.75, 3.05) is 12.1 Å². The highest BCUT2D eigenvalue weighted by Gasteiger charge is 2.17. The lowest BCUT2D eigenvalue weighted by atomic mass is 10.2. The van der Waals surface area contributed by atoms with E-state index in [9.17, 15) is 4.79 Å². The van der Waals surface area contributed by atoms with Crippen molar-refractivity contribution in [2.45, 2.75) is 26.2 Å². The SMILES string of the molecule is CCCCc1nnc(NC(=O)c2ccc3c(c2)OCO3)s1. The van der Waals surface area contributed by atoms with Gasteiger partial charge < -0.3 is 9.47 Å². The van der Waals surface area contributed by atoms with Gasteiger partial charge in [-0.15, -0.1) is 10.2 Å². The Morgan fingerprint density at radius 3 is 3.05 bits per heavy atom. The van der Waals surface area contributed by atoms with Crippen LogP contribution in [0.5, 0.6) is 11.5 Å². The molecule has 21 heavy (non-hydrogen) atoms. The number of anilines is 1. The van der Waals surface area contributed by atoms with Crippen LogP contribution in [0.4, 0.5) is 5.13 Å². The van der Waals surface area contributed by atoms with Gasteiger partial charge in [-0.2, -0.15) is 0 Å². The Hall–Kier alpha value is -2.15. The zero-order valence-electron chi connectivity index (χ0n) is 11.6. The first-order valence-electron chi connectivity index (χ1n) is 6.79. The largest absolute Gasteiger partial charge is 0.454 e. The van der Waals surface area contributed by atoms with Crippen molar-refractivity contribution in [3.63, 3.8) is 0 Å². The Morgan fingerprint density at radius 1 is 1.33 bits per heavy atom. The second-order valence-corrected chi connectivity index (χ2v) is 5.69. The summed E-state index contributed by atoms with van der Waals surface area (Å²) in [6, 6.07) is 5.09. The summed E-state index contributed by atoms with van der Waals surface area (Å²) in [5, 5.41) is 12.3. The average Bonchev–Trinajstić information content (AvgIpc) is 3.12. The van der Waals surface area contributed by atoms with Gasteiger partial charge in [-0.1, -0.05) is 24.7 Å². The molecule has 0 saturated heterocycles. The van der Waals surface area contributed by atoms with Crippen LogP contribution < -0.4 is 14.8 Å². The number of carbonyl (C=O) groups excluding carboxylic acids is 1. The number of nitrogens with one attached hydrogen (secondary N) is 1. The third-order valence-corrected chi connectivity index (χ3v) is 3.96. The zero-order valence-corrected chi connectivity index (χ0v) is 12.4. The summed E-state index contributed by atoms with van der Waals surface area (Å²) in [5.41, 5.74) is 0.504. The fraction of sp³-hybridized carbons (Fsp3) is 0.357.